The maximum Gasteiger partial charge on any atom is 0.119 e. The normalized spacial score (nSPS) is 41.8. The molecule has 3 aliphatic carbocycles. The van der Waals surface area contributed by atoms with Gasteiger partial charge in [-0.05, 0) is 98.8 Å². The molecule has 3 aliphatic rings. The van der Waals surface area contributed by atoms with Gasteiger partial charge in [0.05, 0.1) is 12.2 Å². The van der Waals surface area contributed by atoms with E-state index in [0.29, 0.717) is 11.8 Å². The van der Waals surface area contributed by atoms with Crippen LogP contribution in [-0.4, -0.2) is 17.3 Å². The number of hydrogen-bond acceptors (Lipinski definition) is 2. The van der Waals surface area contributed by atoms with E-state index in [0.717, 1.165) is 24.7 Å². The first-order valence-corrected chi connectivity index (χ1v) is 9.44. The van der Waals surface area contributed by atoms with Gasteiger partial charge in [0.1, 0.15) is 5.75 Å². The Bertz CT molecular complexity index is 606. The fourth-order valence-electron chi connectivity index (χ4n) is 6.06. The number of hydrogen-bond donors (Lipinski definition) is 1. The molecule has 0 unspecified atom stereocenters. The zero-order valence-corrected chi connectivity index (χ0v) is 14.8. The highest BCUT2D eigenvalue weighted by Crippen LogP contribution is 2.64. The lowest BCUT2D eigenvalue weighted by Gasteiger charge is -2.52. The van der Waals surface area contributed by atoms with Crippen molar-refractivity contribution in [1.82, 2.24) is 0 Å². The van der Waals surface area contributed by atoms with Gasteiger partial charge < -0.3 is 9.84 Å². The summed E-state index contributed by atoms with van der Waals surface area (Å²) in [6, 6.07) is 6.75. The number of rotatable bonds is 2. The van der Waals surface area contributed by atoms with E-state index in [1.165, 1.54) is 37.7 Å². The highest BCUT2D eigenvalue weighted by molar-refractivity contribution is 5.40. The SMILES string of the molecule is CCOc1ccc2c(c1)CC[C@@H]1[C@@H]2CC[C@@]2(C)[C@H]1CC[C@]2(C)O. The average Bonchev–Trinajstić information content (AvgIpc) is 2.77. The van der Waals surface area contributed by atoms with E-state index >= 15 is 0 Å². The van der Waals surface area contributed by atoms with E-state index in [4.69, 9.17) is 4.74 Å². The molecule has 2 nitrogen and oxygen atoms in total. The van der Waals surface area contributed by atoms with Crippen LogP contribution < -0.4 is 4.74 Å². The van der Waals surface area contributed by atoms with Crippen LogP contribution >= 0.6 is 0 Å². The molecule has 0 bridgehead atoms. The summed E-state index contributed by atoms with van der Waals surface area (Å²) in [5, 5.41) is 10.9. The van der Waals surface area contributed by atoms with Crippen LogP contribution in [0.4, 0.5) is 0 Å². The van der Waals surface area contributed by atoms with Gasteiger partial charge in [0.15, 0.2) is 0 Å². The predicted octanol–water partition coefficient (Wildman–Crippen LogP) is 4.69. The minimum atomic E-state index is -0.470. The maximum atomic E-state index is 10.9. The van der Waals surface area contributed by atoms with Gasteiger partial charge in [0, 0.05) is 0 Å². The fourth-order valence-corrected chi connectivity index (χ4v) is 6.06. The molecule has 0 radical (unpaired) electrons. The van der Waals surface area contributed by atoms with Crippen molar-refractivity contribution in [3.05, 3.63) is 29.3 Å². The van der Waals surface area contributed by atoms with Crippen molar-refractivity contribution in [2.45, 2.75) is 70.8 Å². The fraction of sp³-hybridized carbons (Fsp3) is 0.714. The van der Waals surface area contributed by atoms with Gasteiger partial charge in [-0.3, -0.25) is 0 Å². The first-order valence-electron chi connectivity index (χ1n) is 9.44. The Morgan fingerprint density at radius 1 is 1.17 bits per heavy atom. The molecule has 2 saturated carbocycles. The molecule has 0 heterocycles. The van der Waals surface area contributed by atoms with E-state index in [1.807, 2.05) is 6.92 Å². The van der Waals surface area contributed by atoms with Crippen LogP contribution in [0.2, 0.25) is 0 Å². The van der Waals surface area contributed by atoms with Crippen LogP contribution in [0, 0.1) is 17.3 Å². The summed E-state index contributed by atoms with van der Waals surface area (Å²) in [5.74, 6) is 3.17. The average molecular weight is 314 g/mol. The quantitative estimate of drug-likeness (QED) is 0.858. The van der Waals surface area contributed by atoms with Crippen molar-refractivity contribution in [3.63, 3.8) is 0 Å². The lowest BCUT2D eigenvalue weighted by molar-refractivity contribution is -0.0901. The smallest absolute Gasteiger partial charge is 0.119 e. The summed E-state index contributed by atoms with van der Waals surface area (Å²) < 4.78 is 5.69. The van der Waals surface area contributed by atoms with E-state index in [2.05, 4.69) is 32.0 Å². The summed E-state index contributed by atoms with van der Waals surface area (Å²) in [4.78, 5) is 0. The maximum absolute atomic E-state index is 10.9. The van der Waals surface area contributed by atoms with Gasteiger partial charge in [-0.2, -0.15) is 0 Å². The Morgan fingerprint density at radius 2 is 2.00 bits per heavy atom. The standard InChI is InChI=1S/C21H30O2/c1-4-23-15-6-8-16-14(13-15)5-7-18-17(16)9-11-20(2)19(18)10-12-21(20,3)22/h6,8,13,17-19,22H,4-5,7,9-12H2,1-3H3/t17-,18-,19+,20+,21+/m1/s1. The van der Waals surface area contributed by atoms with Crippen molar-refractivity contribution in [1.29, 1.82) is 0 Å². The second kappa shape index (κ2) is 5.24. The Morgan fingerprint density at radius 3 is 2.78 bits per heavy atom. The monoisotopic (exact) mass is 314 g/mol. The molecular formula is C21H30O2. The molecule has 2 heteroatoms. The minimum Gasteiger partial charge on any atom is -0.494 e. The van der Waals surface area contributed by atoms with Gasteiger partial charge in [-0.15, -0.1) is 0 Å². The molecule has 23 heavy (non-hydrogen) atoms. The van der Waals surface area contributed by atoms with E-state index in [-0.39, 0.29) is 5.41 Å². The van der Waals surface area contributed by atoms with Gasteiger partial charge in [-0.25, -0.2) is 0 Å². The third kappa shape index (κ3) is 2.17. The molecule has 4 rings (SSSR count). The van der Waals surface area contributed by atoms with Gasteiger partial charge in [0.25, 0.3) is 0 Å². The van der Waals surface area contributed by atoms with Gasteiger partial charge in [0.2, 0.25) is 0 Å². The van der Waals surface area contributed by atoms with Crippen LogP contribution in [0.25, 0.3) is 0 Å². The Kier molecular flexibility index (Phi) is 3.53. The zero-order valence-electron chi connectivity index (χ0n) is 14.8. The Balaban J connectivity index is 1.65. The summed E-state index contributed by atoms with van der Waals surface area (Å²) in [6.07, 6.45) is 7.04. The molecule has 0 saturated heterocycles. The third-order valence-corrected chi connectivity index (χ3v) is 7.57. The first kappa shape index (κ1) is 15.5. The number of aliphatic hydroxyl groups is 1. The van der Waals surface area contributed by atoms with Gasteiger partial charge in [-0.1, -0.05) is 13.0 Å². The Hall–Kier alpha value is -1.02. The molecule has 0 amide bonds. The number of ether oxygens (including phenoxy) is 1. The summed E-state index contributed by atoms with van der Waals surface area (Å²) >= 11 is 0. The minimum absolute atomic E-state index is 0.122. The molecule has 2 fully saturated rings. The molecule has 0 spiro atoms. The van der Waals surface area contributed by atoms with E-state index in [9.17, 15) is 5.11 Å². The van der Waals surface area contributed by atoms with Crippen LogP contribution in [0.3, 0.4) is 0 Å². The first-order chi connectivity index (χ1) is 11.0. The molecule has 1 aromatic rings. The third-order valence-electron chi connectivity index (χ3n) is 7.57. The van der Waals surface area contributed by atoms with Crippen molar-refractivity contribution in [2.75, 3.05) is 6.61 Å². The topological polar surface area (TPSA) is 29.5 Å². The predicted molar refractivity (Wildman–Crippen MR) is 92.9 cm³/mol. The molecular weight excluding hydrogens is 284 g/mol. The lowest BCUT2D eigenvalue weighted by atomic mass is 9.53. The molecule has 1 N–H and O–H groups in total. The number of benzene rings is 1. The van der Waals surface area contributed by atoms with Gasteiger partial charge >= 0.3 is 0 Å². The number of fused-ring (bicyclic) bond motifs is 5. The Labute approximate surface area is 140 Å². The van der Waals surface area contributed by atoms with Crippen molar-refractivity contribution in [2.24, 2.45) is 17.3 Å². The summed E-state index contributed by atoms with van der Waals surface area (Å²) in [6.45, 7) is 7.22. The summed E-state index contributed by atoms with van der Waals surface area (Å²) in [5.41, 5.74) is 2.72. The second-order valence-corrected chi connectivity index (χ2v) is 8.48. The molecule has 126 valence electrons. The summed E-state index contributed by atoms with van der Waals surface area (Å²) in [7, 11) is 0. The molecule has 1 aromatic carbocycles. The van der Waals surface area contributed by atoms with Crippen LogP contribution in [-0.2, 0) is 6.42 Å². The largest absolute Gasteiger partial charge is 0.494 e. The zero-order chi connectivity index (χ0) is 16.2. The molecule has 0 aromatic heterocycles. The van der Waals surface area contributed by atoms with Crippen molar-refractivity contribution in [3.8, 4) is 5.75 Å². The number of aryl methyl sites for hydroxylation is 1. The highest BCUT2D eigenvalue weighted by atomic mass is 16.5. The van der Waals surface area contributed by atoms with E-state index < -0.39 is 5.60 Å². The van der Waals surface area contributed by atoms with E-state index in [1.54, 1.807) is 5.56 Å². The van der Waals surface area contributed by atoms with Crippen molar-refractivity contribution < 1.29 is 9.84 Å². The van der Waals surface area contributed by atoms with Crippen LogP contribution in [0.15, 0.2) is 18.2 Å². The molecule has 0 aliphatic heterocycles. The lowest BCUT2D eigenvalue weighted by Crippen LogP contribution is -2.49. The van der Waals surface area contributed by atoms with Crippen LogP contribution in [0.1, 0.15) is 69.9 Å². The second-order valence-electron chi connectivity index (χ2n) is 8.48. The highest BCUT2D eigenvalue weighted by Gasteiger charge is 2.59. The van der Waals surface area contributed by atoms with Crippen LogP contribution in [0.5, 0.6) is 5.75 Å². The van der Waals surface area contributed by atoms with Crippen molar-refractivity contribution >= 4 is 0 Å². The molecule has 5 atom stereocenters.